The van der Waals surface area contributed by atoms with Crippen LogP contribution < -0.4 is 16.6 Å². The average Bonchev–Trinajstić information content (AvgIpc) is 2.62. The molecule has 0 fully saturated rings. The van der Waals surface area contributed by atoms with E-state index < -0.39 is 17.2 Å². The molecular weight excluding hydrogens is 379 g/mol. The van der Waals surface area contributed by atoms with Gasteiger partial charge >= 0.3 is 5.69 Å². The molecule has 1 amide bonds. The zero-order valence-electron chi connectivity index (χ0n) is 13.2. The summed E-state index contributed by atoms with van der Waals surface area (Å²) in [7, 11) is 0. The molecule has 0 aliphatic heterocycles. The van der Waals surface area contributed by atoms with Gasteiger partial charge in [0.1, 0.15) is 5.56 Å². The van der Waals surface area contributed by atoms with Crippen LogP contribution in [0.5, 0.6) is 0 Å². The monoisotopic (exact) mass is 390 g/mol. The molecule has 0 unspecified atom stereocenters. The highest BCUT2D eigenvalue weighted by Gasteiger charge is 2.16. The summed E-state index contributed by atoms with van der Waals surface area (Å²) in [5, 5.41) is 3.16. The molecular formula is C17H12Cl2N4O3. The lowest BCUT2D eigenvalue weighted by Crippen LogP contribution is -2.39. The summed E-state index contributed by atoms with van der Waals surface area (Å²) in [4.78, 5) is 43.4. The summed E-state index contributed by atoms with van der Waals surface area (Å²) in [6, 6.07) is 9.66. The van der Waals surface area contributed by atoms with Gasteiger partial charge in [0.15, 0.2) is 0 Å². The number of benzene rings is 1. The number of halogens is 2. The molecule has 3 rings (SSSR count). The van der Waals surface area contributed by atoms with E-state index in [0.717, 1.165) is 10.8 Å². The topological polar surface area (TPSA) is 96.8 Å². The molecule has 132 valence electrons. The predicted molar refractivity (Wildman–Crippen MR) is 99.1 cm³/mol. The van der Waals surface area contributed by atoms with Crippen molar-refractivity contribution in [1.29, 1.82) is 0 Å². The first-order valence-electron chi connectivity index (χ1n) is 7.44. The largest absolute Gasteiger partial charge is 0.328 e. The van der Waals surface area contributed by atoms with Crippen molar-refractivity contribution in [2.24, 2.45) is 0 Å². The number of aromatic nitrogens is 3. The minimum atomic E-state index is -0.734. The van der Waals surface area contributed by atoms with E-state index in [2.05, 4.69) is 15.3 Å². The number of rotatable bonds is 4. The van der Waals surface area contributed by atoms with Crippen LogP contribution in [0.3, 0.4) is 0 Å². The van der Waals surface area contributed by atoms with Gasteiger partial charge in [0, 0.05) is 17.4 Å². The Morgan fingerprint density at radius 3 is 2.69 bits per heavy atom. The summed E-state index contributed by atoms with van der Waals surface area (Å²) in [6.07, 6.45) is 2.62. The van der Waals surface area contributed by atoms with Gasteiger partial charge < -0.3 is 10.3 Å². The summed E-state index contributed by atoms with van der Waals surface area (Å²) in [5.74, 6) is -0.703. The van der Waals surface area contributed by atoms with E-state index in [1.165, 1.54) is 12.1 Å². The van der Waals surface area contributed by atoms with Crippen LogP contribution >= 0.6 is 23.2 Å². The van der Waals surface area contributed by atoms with Crippen molar-refractivity contribution in [2.45, 2.75) is 6.54 Å². The van der Waals surface area contributed by atoms with Crippen LogP contribution in [0, 0.1) is 0 Å². The normalized spacial score (nSPS) is 10.5. The molecule has 2 aromatic heterocycles. The van der Waals surface area contributed by atoms with Crippen LogP contribution in [0.4, 0.5) is 5.69 Å². The Balaban J connectivity index is 1.93. The molecule has 0 saturated carbocycles. The second kappa shape index (κ2) is 7.55. The molecule has 26 heavy (non-hydrogen) atoms. The van der Waals surface area contributed by atoms with Crippen molar-refractivity contribution < 1.29 is 4.79 Å². The summed E-state index contributed by atoms with van der Waals surface area (Å²) >= 11 is 11.8. The third kappa shape index (κ3) is 3.84. The highest BCUT2D eigenvalue weighted by atomic mass is 35.5. The maximum atomic E-state index is 12.6. The Morgan fingerprint density at radius 2 is 2.00 bits per heavy atom. The number of nitrogens with zero attached hydrogens (tertiary/aromatic N) is 2. The van der Waals surface area contributed by atoms with Crippen LogP contribution in [0.25, 0.3) is 0 Å². The fraction of sp³-hybridized carbons (Fsp3) is 0.0588. The Hall–Kier alpha value is -2.90. The SMILES string of the molecule is O=C(Nc1ccc(Cl)cc1Cl)c1c[nH]c(=O)n(Cc2ccccn2)c1=O. The molecule has 2 N–H and O–H groups in total. The smallest absolute Gasteiger partial charge is 0.320 e. The van der Waals surface area contributed by atoms with Crippen molar-refractivity contribution in [1.82, 2.24) is 14.5 Å². The number of anilines is 1. The third-order valence-corrected chi connectivity index (χ3v) is 4.08. The van der Waals surface area contributed by atoms with Crippen LogP contribution in [0.1, 0.15) is 16.1 Å². The Morgan fingerprint density at radius 1 is 1.19 bits per heavy atom. The van der Waals surface area contributed by atoms with Gasteiger partial charge in [0.25, 0.3) is 11.5 Å². The Labute approximate surface area is 157 Å². The molecule has 0 aliphatic rings. The first kappa shape index (κ1) is 17.9. The molecule has 0 spiro atoms. The Kier molecular flexibility index (Phi) is 5.20. The van der Waals surface area contributed by atoms with Crippen LogP contribution in [0.2, 0.25) is 10.0 Å². The number of carbonyl (C=O) groups excluding carboxylic acids is 1. The molecule has 0 aliphatic carbocycles. The number of nitrogens with one attached hydrogen (secondary N) is 2. The van der Waals surface area contributed by atoms with Gasteiger partial charge in [0.2, 0.25) is 0 Å². The van der Waals surface area contributed by atoms with Crippen molar-refractivity contribution in [3.05, 3.63) is 90.9 Å². The number of carbonyl (C=O) groups is 1. The maximum Gasteiger partial charge on any atom is 0.328 e. The van der Waals surface area contributed by atoms with Gasteiger partial charge in [0.05, 0.1) is 22.9 Å². The molecule has 0 bridgehead atoms. The van der Waals surface area contributed by atoms with E-state index in [9.17, 15) is 14.4 Å². The average molecular weight is 391 g/mol. The molecule has 1 aromatic carbocycles. The quantitative estimate of drug-likeness (QED) is 0.714. The number of pyridine rings is 1. The first-order valence-corrected chi connectivity index (χ1v) is 8.20. The summed E-state index contributed by atoms with van der Waals surface area (Å²) in [6.45, 7) is -0.0577. The first-order chi connectivity index (χ1) is 12.5. The summed E-state index contributed by atoms with van der Waals surface area (Å²) in [5.41, 5.74) is -0.795. The predicted octanol–water partition coefficient (Wildman–Crippen LogP) is 2.54. The third-order valence-electron chi connectivity index (χ3n) is 3.53. The molecule has 3 aromatic rings. The van der Waals surface area contributed by atoms with Gasteiger partial charge in [-0.15, -0.1) is 0 Å². The zero-order chi connectivity index (χ0) is 18.7. The zero-order valence-corrected chi connectivity index (χ0v) is 14.7. The standard InChI is InChI=1S/C17H12Cl2N4O3/c18-10-4-5-14(13(19)7-10)22-15(24)12-8-21-17(26)23(16(12)25)9-11-3-1-2-6-20-11/h1-8H,9H2,(H,21,26)(H,22,24). The number of H-pyrrole nitrogens is 1. The minimum absolute atomic E-state index is 0.0577. The second-order valence-corrected chi connectivity index (χ2v) is 6.14. The lowest BCUT2D eigenvalue weighted by Gasteiger charge is -2.09. The van der Waals surface area contributed by atoms with E-state index in [4.69, 9.17) is 23.2 Å². The lowest BCUT2D eigenvalue weighted by atomic mass is 10.2. The summed E-state index contributed by atoms with van der Waals surface area (Å²) < 4.78 is 0.903. The molecule has 2 heterocycles. The maximum absolute atomic E-state index is 12.6. The van der Waals surface area contributed by atoms with Crippen molar-refractivity contribution in [3.8, 4) is 0 Å². The van der Waals surface area contributed by atoms with Crippen LogP contribution in [-0.2, 0) is 6.54 Å². The van der Waals surface area contributed by atoms with E-state index in [-0.39, 0.29) is 17.1 Å². The van der Waals surface area contributed by atoms with Gasteiger partial charge in [-0.2, -0.15) is 0 Å². The minimum Gasteiger partial charge on any atom is -0.320 e. The molecule has 9 heteroatoms. The second-order valence-electron chi connectivity index (χ2n) is 5.30. The number of amides is 1. The van der Waals surface area contributed by atoms with Crippen LogP contribution in [0.15, 0.2) is 58.4 Å². The van der Waals surface area contributed by atoms with E-state index >= 15 is 0 Å². The molecule has 0 atom stereocenters. The highest BCUT2D eigenvalue weighted by Crippen LogP contribution is 2.25. The van der Waals surface area contributed by atoms with Gasteiger partial charge in [-0.25, -0.2) is 4.79 Å². The highest BCUT2D eigenvalue weighted by molar-refractivity contribution is 6.36. The number of hydrogen-bond donors (Lipinski definition) is 2. The van der Waals surface area contributed by atoms with E-state index in [1.54, 1.807) is 30.5 Å². The fourth-order valence-corrected chi connectivity index (χ4v) is 2.71. The lowest BCUT2D eigenvalue weighted by molar-refractivity contribution is 0.102. The van der Waals surface area contributed by atoms with E-state index in [1.807, 2.05) is 0 Å². The fourth-order valence-electron chi connectivity index (χ4n) is 2.25. The van der Waals surface area contributed by atoms with E-state index in [0.29, 0.717) is 16.4 Å². The molecule has 0 radical (unpaired) electrons. The molecule has 0 saturated heterocycles. The van der Waals surface area contributed by atoms with Crippen LogP contribution in [-0.4, -0.2) is 20.4 Å². The van der Waals surface area contributed by atoms with Gasteiger partial charge in [-0.1, -0.05) is 29.3 Å². The van der Waals surface area contributed by atoms with Crippen molar-refractivity contribution in [3.63, 3.8) is 0 Å². The van der Waals surface area contributed by atoms with Gasteiger partial charge in [-0.05, 0) is 30.3 Å². The van der Waals surface area contributed by atoms with Crippen molar-refractivity contribution >= 4 is 34.8 Å². The van der Waals surface area contributed by atoms with Gasteiger partial charge in [-0.3, -0.25) is 19.1 Å². The number of hydrogen-bond acceptors (Lipinski definition) is 4. The Bertz CT molecular complexity index is 1080. The molecule has 7 nitrogen and oxygen atoms in total. The van der Waals surface area contributed by atoms with Crippen molar-refractivity contribution in [2.75, 3.05) is 5.32 Å². The number of aromatic amines is 1.